The Morgan fingerprint density at radius 2 is 2.07 bits per heavy atom. The zero-order valence-corrected chi connectivity index (χ0v) is 9.89. The summed E-state index contributed by atoms with van der Waals surface area (Å²) in [4.78, 5) is 0. The molecule has 0 aliphatic heterocycles. The molecule has 0 radical (unpaired) electrons. The van der Waals surface area contributed by atoms with Crippen molar-refractivity contribution in [3.05, 3.63) is 28.8 Å². The molecule has 3 nitrogen and oxygen atoms in total. The van der Waals surface area contributed by atoms with Gasteiger partial charge in [-0.05, 0) is 37.1 Å². The van der Waals surface area contributed by atoms with Crippen LogP contribution >= 0.6 is 24.0 Å². The minimum Gasteiger partial charge on any atom is -0.506 e. The summed E-state index contributed by atoms with van der Waals surface area (Å²) in [6.07, 6.45) is 1.72. The first-order valence-corrected chi connectivity index (χ1v) is 4.97. The van der Waals surface area contributed by atoms with Gasteiger partial charge >= 0.3 is 0 Å². The zero-order chi connectivity index (χ0) is 10.6. The molecule has 15 heavy (non-hydrogen) atoms. The van der Waals surface area contributed by atoms with E-state index in [1.54, 1.807) is 18.2 Å². The number of hydrogen-bond donors (Lipinski definition) is 3. The van der Waals surface area contributed by atoms with Gasteiger partial charge in [-0.25, -0.2) is 0 Å². The third-order valence-corrected chi connectivity index (χ3v) is 2.42. The van der Waals surface area contributed by atoms with E-state index in [4.69, 9.17) is 23.1 Å². The molecule has 1 rings (SSSR count). The summed E-state index contributed by atoms with van der Waals surface area (Å²) in [5, 5.41) is 9.55. The van der Waals surface area contributed by atoms with Crippen molar-refractivity contribution in [2.24, 2.45) is 11.5 Å². The molecule has 0 aromatic heterocycles. The van der Waals surface area contributed by atoms with Crippen molar-refractivity contribution in [1.82, 2.24) is 0 Å². The van der Waals surface area contributed by atoms with Crippen LogP contribution in [0.2, 0.25) is 5.02 Å². The number of halogens is 2. The Bertz CT molecular complexity index is 307. The molecule has 86 valence electrons. The maximum atomic E-state index is 9.21. The van der Waals surface area contributed by atoms with Crippen LogP contribution in [0.25, 0.3) is 0 Å². The maximum Gasteiger partial charge on any atom is 0.134 e. The van der Waals surface area contributed by atoms with Gasteiger partial charge in [-0.3, -0.25) is 0 Å². The minimum absolute atomic E-state index is 0. The van der Waals surface area contributed by atoms with Gasteiger partial charge in [-0.2, -0.15) is 0 Å². The third-order valence-electron chi connectivity index (χ3n) is 2.12. The highest BCUT2D eigenvalue weighted by Gasteiger charge is 2.07. The number of benzene rings is 1. The Labute approximate surface area is 101 Å². The summed E-state index contributed by atoms with van der Waals surface area (Å²) in [5.41, 5.74) is 12.2. The van der Waals surface area contributed by atoms with E-state index in [1.165, 1.54) is 0 Å². The van der Waals surface area contributed by atoms with Crippen molar-refractivity contribution >= 4 is 24.0 Å². The van der Waals surface area contributed by atoms with E-state index < -0.39 is 0 Å². The normalized spacial score (nSPS) is 11.9. The predicted octanol–water partition coefficient (Wildman–Crippen LogP) is 2.21. The number of aromatic hydroxyl groups is 1. The fraction of sp³-hybridized carbons (Fsp3) is 0.400. The van der Waals surface area contributed by atoms with Gasteiger partial charge in [0, 0.05) is 6.04 Å². The lowest BCUT2D eigenvalue weighted by Gasteiger charge is -2.11. The molecule has 0 heterocycles. The summed E-state index contributed by atoms with van der Waals surface area (Å²) in [7, 11) is 0. The first-order valence-electron chi connectivity index (χ1n) is 4.59. The monoisotopic (exact) mass is 250 g/mol. The van der Waals surface area contributed by atoms with E-state index in [-0.39, 0.29) is 24.2 Å². The van der Waals surface area contributed by atoms with Gasteiger partial charge < -0.3 is 16.6 Å². The largest absolute Gasteiger partial charge is 0.506 e. The quantitative estimate of drug-likeness (QED) is 0.768. The van der Waals surface area contributed by atoms with Crippen molar-refractivity contribution in [2.45, 2.75) is 18.9 Å². The molecular formula is C10H16Cl2N2O. The first kappa shape index (κ1) is 14.5. The van der Waals surface area contributed by atoms with Crippen molar-refractivity contribution in [2.75, 3.05) is 6.54 Å². The second-order valence-corrected chi connectivity index (χ2v) is 3.66. The van der Waals surface area contributed by atoms with Crippen LogP contribution in [0.15, 0.2) is 18.2 Å². The minimum atomic E-state index is -0.0587. The van der Waals surface area contributed by atoms with Crippen molar-refractivity contribution < 1.29 is 5.11 Å². The molecular weight excluding hydrogens is 235 g/mol. The van der Waals surface area contributed by atoms with Gasteiger partial charge in [0.1, 0.15) is 5.75 Å². The average Bonchev–Trinajstić information content (AvgIpc) is 2.18. The number of nitrogens with two attached hydrogens (primary N) is 2. The van der Waals surface area contributed by atoms with Crippen LogP contribution in [0.4, 0.5) is 0 Å². The molecule has 0 spiro atoms. The second kappa shape index (κ2) is 6.90. The van der Waals surface area contributed by atoms with Crippen LogP contribution in [0.1, 0.15) is 24.4 Å². The van der Waals surface area contributed by atoms with E-state index in [2.05, 4.69) is 0 Å². The van der Waals surface area contributed by atoms with Crippen LogP contribution in [-0.4, -0.2) is 11.7 Å². The first-order chi connectivity index (χ1) is 6.65. The summed E-state index contributed by atoms with van der Waals surface area (Å²) in [6.45, 7) is 0.638. The zero-order valence-electron chi connectivity index (χ0n) is 8.32. The van der Waals surface area contributed by atoms with Gasteiger partial charge in [0.2, 0.25) is 0 Å². The molecule has 5 heteroatoms. The molecule has 0 amide bonds. The molecule has 1 aromatic rings. The summed E-state index contributed by atoms with van der Waals surface area (Å²) < 4.78 is 0. The van der Waals surface area contributed by atoms with Crippen molar-refractivity contribution in [3.63, 3.8) is 0 Å². The molecule has 1 atom stereocenters. The van der Waals surface area contributed by atoms with Crippen LogP contribution in [0.5, 0.6) is 5.75 Å². The van der Waals surface area contributed by atoms with Gasteiger partial charge in [0.15, 0.2) is 0 Å². The molecule has 0 aliphatic rings. The van der Waals surface area contributed by atoms with E-state index in [0.29, 0.717) is 11.6 Å². The Hall–Kier alpha value is -0.480. The van der Waals surface area contributed by atoms with Gasteiger partial charge in [0.05, 0.1) is 5.02 Å². The maximum absolute atomic E-state index is 9.21. The van der Waals surface area contributed by atoms with Crippen LogP contribution in [0, 0.1) is 0 Å². The molecule has 1 aromatic carbocycles. The topological polar surface area (TPSA) is 72.3 Å². The Balaban J connectivity index is 0.00000196. The van der Waals surface area contributed by atoms with Crippen LogP contribution in [0.3, 0.4) is 0 Å². The Kier molecular flexibility index (Phi) is 6.68. The molecule has 0 unspecified atom stereocenters. The summed E-state index contributed by atoms with van der Waals surface area (Å²) in [5.74, 6) is 0.0847. The van der Waals surface area contributed by atoms with Crippen LogP contribution in [-0.2, 0) is 0 Å². The Morgan fingerprint density at radius 3 is 2.60 bits per heavy atom. The van der Waals surface area contributed by atoms with Crippen molar-refractivity contribution in [1.29, 1.82) is 0 Å². The van der Waals surface area contributed by atoms with E-state index in [9.17, 15) is 5.11 Å². The average molecular weight is 251 g/mol. The predicted molar refractivity (Wildman–Crippen MR) is 65.6 cm³/mol. The summed E-state index contributed by atoms with van der Waals surface area (Å²) >= 11 is 5.76. The molecule has 5 N–H and O–H groups in total. The number of hydrogen-bond acceptors (Lipinski definition) is 3. The Morgan fingerprint density at radius 1 is 1.40 bits per heavy atom. The van der Waals surface area contributed by atoms with Crippen LogP contribution < -0.4 is 11.5 Å². The fourth-order valence-electron chi connectivity index (χ4n) is 1.26. The van der Waals surface area contributed by atoms with E-state index >= 15 is 0 Å². The highest BCUT2D eigenvalue weighted by molar-refractivity contribution is 6.32. The smallest absolute Gasteiger partial charge is 0.134 e. The van der Waals surface area contributed by atoms with Crippen molar-refractivity contribution in [3.8, 4) is 5.75 Å². The van der Waals surface area contributed by atoms with E-state index in [1.807, 2.05) is 0 Å². The SMILES string of the molecule is Cl.NCCC[C@H](N)c1ccc(O)c(Cl)c1. The number of rotatable bonds is 4. The second-order valence-electron chi connectivity index (χ2n) is 3.25. The number of phenols is 1. The lowest BCUT2D eigenvalue weighted by atomic mass is 10.0. The lowest BCUT2D eigenvalue weighted by molar-refractivity contribution is 0.475. The highest BCUT2D eigenvalue weighted by atomic mass is 35.5. The molecule has 0 fully saturated rings. The summed E-state index contributed by atoms with van der Waals surface area (Å²) in [6, 6.07) is 4.97. The van der Waals surface area contributed by atoms with Gasteiger partial charge in [-0.15, -0.1) is 12.4 Å². The fourth-order valence-corrected chi connectivity index (χ4v) is 1.45. The molecule has 0 aliphatic carbocycles. The lowest BCUT2D eigenvalue weighted by Crippen LogP contribution is -2.12. The van der Waals surface area contributed by atoms with Gasteiger partial charge in [0.25, 0.3) is 0 Å². The van der Waals surface area contributed by atoms with E-state index in [0.717, 1.165) is 18.4 Å². The third kappa shape index (κ3) is 4.26. The number of phenolic OH excluding ortho intramolecular Hbond substituents is 1. The standard InChI is InChI=1S/C10H15ClN2O.ClH/c11-8-6-7(3-4-10(8)14)9(13)2-1-5-12;/h3-4,6,9,14H,1-2,5,12-13H2;1H/t9-;/m0./s1. The highest BCUT2D eigenvalue weighted by Crippen LogP contribution is 2.27. The molecule has 0 bridgehead atoms. The van der Waals surface area contributed by atoms with Gasteiger partial charge in [-0.1, -0.05) is 17.7 Å². The molecule has 0 saturated carbocycles. The molecule has 0 saturated heterocycles.